The zero-order valence-corrected chi connectivity index (χ0v) is 12.6. The van der Waals surface area contributed by atoms with Crippen molar-refractivity contribution in [3.63, 3.8) is 0 Å². The van der Waals surface area contributed by atoms with Crippen molar-refractivity contribution >= 4 is 27.5 Å². The highest BCUT2D eigenvalue weighted by Gasteiger charge is 2.16. The van der Waals surface area contributed by atoms with E-state index in [1.165, 1.54) is 28.6 Å². The van der Waals surface area contributed by atoms with Gasteiger partial charge >= 0.3 is 0 Å². The summed E-state index contributed by atoms with van der Waals surface area (Å²) < 4.78 is 27.8. The average Bonchev–Trinajstić information content (AvgIpc) is 2.77. The second kappa shape index (κ2) is 5.77. The zero-order valence-electron chi connectivity index (χ0n) is 10.9. The van der Waals surface area contributed by atoms with Crippen molar-refractivity contribution in [1.29, 1.82) is 0 Å². The Bertz CT molecular complexity index is 712. The maximum atomic E-state index is 12.0. The molecule has 0 aliphatic carbocycles. The summed E-state index contributed by atoms with van der Waals surface area (Å²) in [7, 11) is -1.82. The molecule has 0 saturated heterocycles. The van der Waals surface area contributed by atoms with Gasteiger partial charge in [-0.1, -0.05) is 6.92 Å². The fourth-order valence-electron chi connectivity index (χ4n) is 1.45. The lowest BCUT2D eigenvalue weighted by Gasteiger charge is -2.08. The van der Waals surface area contributed by atoms with Crippen LogP contribution in [0.4, 0.5) is 5.69 Å². The third-order valence-corrected chi connectivity index (χ3v) is 5.06. The molecule has 2 aromatic rings. The molecule has 108 valence electrons. The first-order valence-electron chi connectivity index (χ1n) is 5.73. The number of rotatable bonds is 5. The van der Waals surface area contributed by atoms with Gasteiger partial charge < -0.3 is 5.73 Å². The van der Waals surface area contributed by atoms with Crippen molar-refractivity contribution in [2.75, 3.05) is 12.3 Å². The average molecular weight is 314 g/mol. The second-order valence-electron chi connectivity index (χ2n) is 3.89. The molecule has 8 nitrogen and oxygen atoms in total. The quantitative estimate of drug-likeness (QED) is 0.759. The van der Waals surface area contributed by atoms with Gasteiger partial charge in [0.15, 0.2) is 0 Å². The first-order chi connectivity index (χ1) is 9.44. The molecule has 0 spiro atoms. The van der Waals surface area contributed by atoms with Gasteiger partial charge in [-0.15, -0.1) is 5.10 Å². The van der Waals surface area contributed by atoms with Crippen LogP contribution in [0.1, 0.15) is 6.92 Å². The van der Waals surface area contributed by atoms with E-state index < -0.39 is 10.0 Å². The van der Waals surface area contributed by atoms with Crippen LogP contribution in [-0.2, 0) is 17.1 Å². The molecule has 20 heavy (non-hydrogen) atoms. The van der Waals surface area contributed by atoms with Crippen LogP contribution in [0.25, 0.3) is 0 Å². The highest BCUT2D eigenvalue weighted by Crippen LogP contribution is 2.31. The van der Waals surface area contributed by atoms with Crippen LogP contribution < -0.4 is 10.5 Å². The van der Waals surface area contributed by atoms with Crippen LogP contribution >= 0.6 is 11.8 Å². The first-order valence-corrected chi connectivity index (χ1v) is 8.03. The number of nitrogens with one attached hydrogen (secondary N) is 1. The number of nitrogens with zero attached hydrogens (tertiary/aromatic N) is 4. The number of aromatic nitrogens is 4. The van der Waals surface area contributed by atoms with Gasteiger partial charge in [0.25, 0.3) is 0 Å². The van der Waals surface area contributed by atoms with E-state index in [-0.39, 0.29) is 4.90 Å². The SMILES string of the molecule is CCNS(=O)(=O)c1ccc(N)c(Sc2nnnn2C)c1. The Labute approximate surface area is 120 Å². The lowest BCUT2D eigenvalue weighted by Crippen LogP contribution is -2.23. The number of anilines is 1. The normalized spacial score (nSPS) is 11.7. The van der Waals surface area contributed by atoms with Gasteiger partial charge in [0, 0.05) is 24.2 Å². The Hall–Kier alpha value is -1.65. The highest BCUT2D eigenvalue weighted by atomic mass is 32.2. The summed E-state index contributed by atoms with van der Waals surface area (Å²) in [6, 6.07) is 4.52. The van der Waals surface area contributed by atoms with E-state index in [0.717, 1.165) is 0 Å². The van der Waals surface area contributed by atoms with Crippen LogP contribution in [0.2, 0.25) is 0 Å². The molecule has 0 aliphatic rings. The first kappa shape index (κ1) is 14.8. The van der Waals surface area contributed by atoms with Crippen molar-refractivity contribution in [3.8, 4) is 0 Å². The summed E-state index contributed by atoms with van der Waals surface area (Å²) in [6.45, 7) is 2.04. The Kier molecular flexibility index (Phi) is 4.26. The predicted octanol–water partition coefficient (Wildman–Crippen LogP) is 0.242. The molecular weight excluding hydrogens is 300 g/mol. The summed E-state index contributed by atoms with van der Waals surface area (Å²) in [5.41, 5.74) is 6.33. The monoisotopic (exact) mass is 314 g/mol. The maximum Gasteiger partial charge on any atom is 0.240 e. The van der Waals surface area contributed by atoms with Gasteiger partial charge in [0.2, 0.25) is 15.2 Å². The summed E-state index contributed by atoms with van der Waals surface area (Å²) >= 11 is 1.21. The number of hydrogen-bond acceptors (Lipinski definition) is 7. The van der Waals surface area contributed by atoms with Gasteiger partial charge in [-0.2, -0.15) is 0 Å². The van der Waals surface area contributed by atoms with Crippen molar-refractivity contribution < 1.29 is 8.42 Å². The van der Waals surface area contributed by atoms with Crippen LogP contribution in [-0.4, -0.2) is 35.2 Å². The van der Waals surface area contributed by atoms with E-state index in [2.05, 4.69) is 20.2 Å². The van der Waals surface area contributed by atoms with Gasteiger partial charge in [-0.3, -0.25) is 0 Å². The van der Waals surface area contributed by atoms with E-state index >= 15 is 0 Å². The summed E-state index contributed by atoms with van der Waals surface area (Å²) in [5, 5.41) is 11.6. The van der Waals surface area contributed by atoms with E-state index in [1.54, 1.807) is 20.0 Å². The minimum absolute atomic E-state index is 0.158. The smallest absolute Gasteiger partial charge is 0.240 e. The number of sulfonamides is 1. The molecule has 0 saturated carbocycles. The minimum Gasteiger partial charge on any atom is -0.398 e. The van der Waals surface area contributed by atoms with E-state index in [1.807, 2.05) is 0 Å². The van der Waals surface area contributed by atoms with Crippen LogP contribution in [0, 0.1) is 0 Å². The molecule has 3 N–H and O–H groups in total. The molecule has 10 heteroatoms. The fraction of sp³-hybridized carbons (Fsp3) is 0.300. The van der Waals surface area contributed by atoms with Crippen LogP contribution in [0.3, 0.4) is 0 Å². The standard InChI is InChI=1S/C10H14N6O2S2/c1-3-12-20(17,18)7-4-5-8(11)9(6-7)19-10-13-14-15-16(10)2/h4-6,12H,3,11H2,1-2H3. The van der Waals surface area contributed by atoms with E-state index in [9.17, 15) is 8.42 Å². The third kappa shape index (κ3) is 3.08. The molecule has 0 aliphatic heterocycles. The second-order valence-corrected chi connectivity index (χ2v) is 6.66. The van der Waals surface area contributed by atoms with Gasteiger partial charge in [-0.25, -0.2) is 17.8 Å². The Morgan fingerprint density at radius 2 is 2.20 bits per heavy atom. The lowest BCUT2D eigenvalue weighted by molar-refractivity contribution is 0.583. The van der Waals surface area contributed by atoms with Crippen molar-refractivity contribution in [2.24, 2.45) is 7.05 Å². The number of tetrazole rings is 1. The van der Waals surface area contributed by atoms with Gasteiger partial charge in [0.05, 0.1) is 4.90 Å². The summed E-state index contributed by atoms with van der Waals surface area (Å²) in [4.78, 5) is 0.744. The third-order valence-electron chi connectivity index (χ3n) is 2.41. The molecule has 1 heterocycles. The molecule has 0 unspecified atom stereocenters. The Balaban J connectivity index is 2.37. The minimum atomic E-state index is -3.52. The summed E-state index contributed by atoms with van der Waals surface area (Å²) in [5.74, 6) is 0. The van der Waals surface area contributed by atoms with E-state index in [0.29, 0.717) is 22.3 Å². The number of aryl methyl sites for hydroxylation is 1. The highest BCUT2D eigenvalue weighted by molar-refractivity contribution is 7.99. The lowest BCUT2D eigenvalue weighted by atomic mass is 10.3. The predicted molar refractivity (Wildman–Crippen MR) is 74.6 cm³/mol. The van der Waals surface area contributed by atoms with Gasteiger partial charge in [0.1, 0.15) is 0 Å². The molecule has 0 atom stereocenters. The zero-order chi connectivity index (χ0) is 14.8. The van der Waals surface area contributed by atoms with Crippen molar-refractivity contribution in [3.05, 3.63) is 18.2 Å². The van der Waals surface area contributed by atoms with Crippen molar-refractivity contribution in [1.82, 2.24) is 24.9 Å². The molecule has 0 radical (unpaired) electrons. The Morgan fingerprint density at radius 3 is 2.80 bits per heavy atom. The molecule has 0 fully saturated rings. The number of nitrogens with two attached hydrogens (primary N) is 1. The molecule has 1 aromatic carbocycles. The van der Waals surface area contributed by atoms with Crippen LogP contribution in [0.5, 0.6) is 0 Å². The van der Waals surface area contributed by atoms with Crippen molar-refractivity contribution in [2.45, 2.75) is 21.9 Å². The molecule has 0 bridgehead atoms. The number of benzene rings is 1. The largest absolute Gasteiger partial charge is 0.398 e. The Morgan fingerprint density at radius 1 is 1.45 bits per heavy atom. The topological polar surface area (TPSA) is 116 Å². The molecule has 1 aromatic heterocycles. The van der Waals surface area contributed by atoms with Gasteiger partial charge in [-0.05, 0) is 40.4 Å². The number of hydrogen-bond donors (Lipinski definition) is 2. The van der Waals surface area contributed by atoms with E-state index in [4.69, 9.17) is 5.73 Å². The van der Waals surface area contributed by atoms with Crippen LogP contribution in [0.15, 0.2) is 33.1 Å². The fourth-order valence-corrected chi connectivity index (χ4v) is 3.41. The summed E-state index contributed by atoms with van der Waals surface area (Å²) in [6.07, 6.45) is 0. The molecular formula is C10H14N6O2S2. The number of nitrogen functional groups attached to an aromatic ring is 1. The molecule has 2 rings (SSSR count). The molecule has 0 amide bonds. The maximum absolute atomic E-state index is 12.0.